The standard InChI is InChI=1S/C5H12OSi.Al.O.H/c7-5-3-1-2-4-6-5;;;/h5H,1-4H2,7H3;;;. The van der Waals surface area contributed by atoms with Gasteiger partial charge in [0.05, 0.1) is 0 Å². The second-order valence-electron chi connectivity index (χ2n) is 2.18. The summed E-state index contributed by atoms with van der Waals surface area (Å²) in [6.07, 6.45) is 4.01. The molecular weight excluding hydrogens is 147 g/mol. The van der Waals surface area contributed by atoms with Gasteiger partial charge in [-0.15, -0.1) is 0 Å². The molecule has 1 aliphatic heterocycles. The van der Waals surface area contributed by atoms with Gasteiger partial charge in [-0.1, -0.05) is 0 Å². The fraction of sp³-hybridized carbons (Fsp3) is 1.00. The van der Waals surface area contributed by atoms with Crippen LogP contribution < -0.4 is 0 Å². The van der Waals surface area contributed by atoms with E-state index >= 15 is 0 Å². The molecule has 0 aromatic carbocycles. The fourth-order valence-corrected chi connectivity index (χ4v) is 1.55. The van der Waals surface area contributed by atoms with Gasteiger partial charge in [-0.2, -0.15) is 0 Å². The van der Waals surface area contributed by atoms with Crippen molar-refractivity contribution in [3.63, 3.8) is 0 Å². The maximum atomic E-state index is 8.28. The maximum absolute atomic E-state index is 8.28. The van der Waals surface area contributed by atoms with Gasteiger partial charge >= 0.3 is 20.0 Å². The average molecular weight is 160 g/mol. The Morgan fingerprint density at radius 1 is 1.44 bits per heavy atom. The number of hydrogen-bond acceptors (Lipinski definition) is 2. The van der Waals surface area contributed by atoms with E-state index in [1.165, 1.54) is 29.5 Å². The normalized spacial score (nSPS) is 26.3. The molecule has 0 aromatic heterocycles. The summed E-state index contributed by atoms with van der Waals surface area (Å²) in [7, 11) is 1.23. The van der Waals surface area contributed by atoms with Gasteiger partial charge in [-0.3, -0.25) is 0 Å². The molecule has 0 saturated carbocycles. The zero-order valence-electron chi connectivity index (χ0n) is 5.93. The molecule has 0 spiro atoms. The molecule has 0 bridgehead atoms. The van der Waals surface area contributed by atoms with Crippen LogP contribution in [0.3, 0.4) is 0 Å². The van der Waals surface area contributed by atoms with E-state index in [0.717, 1.165) is 6.61 Å². The minimum absolute atomic E-state index is 0.611. The number of ether oxygens (including phenoxy) is 1. The molecule has 1 saturated heterocycles. The van der Waals surface area contributed by atoms with E-state index < -0.39 is 0 Å². The van der Waals surface area contributed by atoms with Gasteiger partial charge in [0, 0.05) is 22.6 Å². The van der Waals surface area contributed by atoms with E-state index in [4.69, 9.17) is 8.54 Å². The van der Waals surface area contributed by atoms with Crippen LogP contribution in [-0.2, 0) is 8.54 Å². The van der Waals surface area contributed by atoms with Gasteiger partial charge in [0.2, 0.25) is 0 Å². The zero-order chi connectivity index (χ0) is 7.11. The quantitative estimate of drug-likeness (QED) is 0.430. The molecule has 1 heterocycles. The predicted octanol–water partition coefficient (Wildman–Crippen LogP) is -0.889. The largest absolute Gasteiger partial charge is 0.383 e. The van der Waals surface area contributed by atoms with Crippen molar-refractivity contribution in [2.75, 3.05) is 6.61 Å². The van der Waals surface area contributed by atoms with E-state index in [1.807, 2.05) is 0 Å². The fourth-order valence-electron chi connectivity index (χ4n) is 0.902. The van der Waals surface area contributed by atoms with Gasteiger partial charge in [-0.25, -0.2) is 0 Å². The number of rotatable bonds is 0. The first-order valence-electron chi connectivity index (χ1n) is 3.30. The molecule has 2 nitrogen and oxygen atoms in total. The summed E-state index contributed by atoms with van der Waals surface area (Å²) in [6.45, 7) is 1.02. The Hall–Kier alpha value is 0.509. The Morgan fingerprint density at radius 2 is 2.11 bits per heavy atom. The van der Waals surface area contributed by atoms with Crippen molar-refractivity contribution in [3.8, 4) is 0 Å². The van der Waals surface area contributed by atoms with Crippen molar-refractivity contribution in [2.24, 2.45) is 0 Å². The van der Waals surface area contributed by atoms with Gasteiger partial charge in [0.1, 0.15) is 0 Å². The van der Waals surface area contributed by atoms with Crippen LogP contribution in [0.5, 0.6) is 0 Å². The van der Waals surface area contributed by atoms with E-state index in [9.17, 15) is 0 Å². The van der Waals surface area contributed by atoms with Crippen molar-refractivity contribution in [3.05, 3.63) is 0 Å². The van der Waals surface area contributed by atoms with Crippen LogP contribution in [-0.4, -0.2) is 38.8 Å². The molecule has 1 aliphatic rings. The van der Waals surface area contributed by atoms with Crippen molar-refractivity contribution in [1.82, 2.24) is 0 Å². The van der Waals surface area contributed by atoms with Crippen molar-refractivity contribution in [2.45, 2.75) is 25.0 Å². The summed E-state index contributed by atoms with van der Waals surface area (Å²) in [5.41, 5.74) is 0.675. The smallest absolute Gasteiger partial charge is 0.0465 e. The minimum atomic E-state index is 0.611. The zero-order valence-corrected chi connectivity index (χ0v) is 9.34. The second kappa shape index (κ2) is 6.63. The topological polar surface area (TPSA) is 26.3 Å². The van der Waals surface area contributed by atoms with E-state index in [0.29, 0.717) is 22.0 Å². The van der Waals surface area contributed by atoms with E-state index in [2.05, 4.69) is 0 Å². The summed E-state index contributed by atoms with van der Waals surface area (Å²) in [5, 5.41) is 0. The third-order valence-electron chi connectivity index (χ3n) is 1.41. The first kappa shape index (κ1) is 9.51. The molecule has 1 unspecified atom stereocenters. The summed E-state index contributed by atoms with van der Waals surface area (Å²) < 4.78 is 13.6. The van der Waals surface area contributed by atoms with Crippen LogP contribution in [0.4, 0.5) is 0 Å². The Labute approximate surface area is 67.0 Å². The molecule has 0 aromatic rings. The minimum Gasteiger partial charge on any atom is -0.383 e. The molecular formula is C5H13AlO2Si. The predicted molar refractivity (Wildman–Crippen MR) is 41.4 cm³/mol. The maximum Gasteiger partial charge on any atom is 0.0465 e. The Balaban J connectivity index is 0.000000291. The molecule has 0 N–H and O–H groups in total. The monoisotopic (exact) mass is 160 g/mol. The van der Waals surface area contributed by atoms with Crippen LogP contribution in [0.1, 0.15) is 19.3 Å². The van der Waals surface area contributed by atoms with Crippen molar-refractivity contribution in [1.29, 1.82) is 0 Å². The third kappa shape index (κ3) is 4.98. The molecule has 0 aliphatic carbocycles. The summed E-state index contributed by atoms with van der Waals surface area (Å²) in [6, 6.07) is 0. The second-order valence-corrected chi connectivity index (χ2v) is 3.47. The van der Waals surface area contributed by atoms with Gasteiger partial charge < -0.3 is 4.74 Å². The van der Waals surface area contributed by atoms with Crippen LogP contribution in [0.25, 0.3) is 0 Å². The van der Waals surface area contributed by atoms with Gasteiger partial charge in [0.15, 0.2) is 0 Å². The Morgan fingerprint density at radius 3 is 2.33 bits per heavy atom. The third-order valence-corrected chi connectivity index (χ3v) is 2.32. The molecule has 9 heavy (non-hydrogen) atoms. The van der Waals surface area contributed by atoms with Crippen LogP contribution in [0.2, 0.25) is 0 Å². The molecule has 1 rings (SSSR count). The van der Waals surface area contributed by atoms with Gasteiger partial charge in [0.25, 0.3) is 0 Å². The molecule has 1 fully saturated rings. The van der Waals surface area contributed by atoms with Gasteiger partial charge in [-0.05, 0) is 19.3 Å². The molecule has 1 atom stereocenters. The first-order valence-corrected chi connectivity index (χ1v) is 5.03. The SMILES string of the molecule is [O]=[AlH].[SiH3]C1CCCCO1. The van der Waals surface area contributed by atoms with Crippen molar-refractivity contribution < 1.29 is 8.54 Å². The Kier molecular flexibility index (Phi) is 7.00. The number of hydrogen-bond donors (Lipinski definition) is 0. The van der Waals surface area contributed by atoms with Crippen LogP contribution >= 0.6 is 0 Å². The molecule has 0 radical (unpaired) electrons. The summed E-state index contributed by atoms with van der Waals surface area (Å²) >= 11 is 0.611. The average Bonchev–Trinajstić information content (AvgIpc) is 1.94. The molecule has 52 valence electrons. The van der Waals surface area contributed by atoms with E-state index in [-0.39, 0.29) is 0 Å². The Bertz CT molecular complexity index is 66.0. The van der Waals surface area contributed by atoms with Crippen LogP contribution in [0, 0.1) is 0 Å². The molecule has 0 amide bonds. The summed E-state index contributed by atoms with van der Waals surface area (Å²) in [5.74, 6) is 0. The van der Waals surface area contributed by atoms with E-state index in [1.54, 1.807) is 0 Å². The summed E-state index contributed by atoms with van der Waals surface area (Å²) in [4.78, 5) is 0. The van der Waals surface area contributed by atoms with Crippen LogP contribution in [0.15, 0.2) is 0 Å². The molecule has 4 heteroatoms. The first-order chi connectivity index (χ1) is 4.39. The van der Waals surface area contributed by atoms with Crippen molar-refractivity contribution >= 4 is 26.5 Å².